The van der Waals surface area contributed by atoms with E-state index in [4.69, 9.17) is 25.9 Å². The van der Waals surface area contributed by atoms with Gasteiger partial charge in [-0.3, -0.25) is 9.13 Å². The van der Waals surface area contributed by atoms with Crippen molar-refractivity contribution >= 4 is 43.8 Å². The van der Waals surface area contributed by atoms with E-state index in [1.54, 1.807) is 4.68 Å². The van der Waals surface area contributed by atoms with Crippen molar-refractivity contribution in [2.75, 3.05) is 17.8 Å². The number of anilines is 1. The number of nitrogens with zero attached hydrogens (tertiary/aromatic N) is 5. The number of aliphatic hydroxyl groups excluding tert-OH is 1. The van der Waals surface area contributed by atoms with E-state index in [0.29, 0.717) is 23.4 Å². The normalized spacial score (nSPS) is 25.7. The van der Waals surface area contributed by atoms with Crippen molar-refractivity contribution < 1.29 is 33.4 Å². The van der Waals surface area contributed by atoms with E-state index < -0.39 is 33.1 Å². The van der Waals surface area contributed by atoms with Crippen molar-refractivity contribution in [1.29, 1.82) is 0 Å². The first-order chi connectivity index (χ1) is 17.0. The highest BCUT2D eigenvalue weighted by Gasteiger charge is 2.39. The molecule has 5 atom stereocenters. The molecule has 2 aliphatic carbocycles. The number of rotatable bonds is 8. The minimum absolute atomic E-state index is 0.0110. The number of fused-ring (bicyclic) bond motifs is 2. The van der Waals surface area contributed by atoms with Crippen LogP contribution in [0.15, 0.2) is 24.3 Å². The molecule has 0 bridgehead atoms. The molecule has 0 amide bonds. The highest BCUT2D eigenvalue weighted by Crippen LogP contribution is 2.56. The fraction of sp³-hybridized carbons (Fsp3) is 0.500. The van der Waals surface area contributed by atoms with Crippen molar-refractivity contribution in [2.24, 2.45) is 5.92 Å². The Hall–Kier alpha value is -1.95. The largest absolute Gasteiger partial charge is 0.393 e. The Balaban J connectivity index is 1.33. The predicted octanol–water partition coefficient (Wildman–Crippen LogP) is 2.62. The average molecular weight is 559 g/mol. The van der Waals surface area contributed by atoms with E-state index in [0.717, 1.165) is 12.8 Å². The number of halogens is 1. The molecular formula is C20H25ClN6O7P2. The van der Waals surface area contributed by atoms with Gasteiger partial charge in [0.15, 0.2) is 22.9 Å². The number of nitrogens with one attached hydrogen (secondary N) is 1. The van der Waals surface area contributed by atoms with Crippen LogP contribution in [0.2, 0.25) is 5.28 Å². The standard InChI is InChI=1S/C20H25ClN6O7P2/c21-20-23-18(22-15-6-5-11-3-1-2-4-14(11)15)17-19(24-20)27(26-25-17)13-7-12(16(28)8-13)9-34-36(32,33)10-35(29,30)31/h1-4,12-13,15-16,28H,5-10H2,(H,32,33)(H,22,23,24)(H2,29,30,31)/t12-,13-,15+,16+/m1/s1. The van der Waals surface area contributed by atoms with Crippen molar-refractivity contribution in [3.05, 3.63) is 40.7 Å². The fourth-order valence-electron chi connectivity index (χ4n) is 4.96. The summed E-state index contributed by atoms with van der Waals surface area (Å²) < 4.78 is 29.5. The lowest BCUT2D eigenvalue weighted by atomic mass is 10.1. The molecule has 0 spiro atoms. The van der Waals surface area contributed by atoms with Gasteiger partial charge in [-0.1, -0.05) is 29.5 Å². The summed E-state index contributed by atoms with van der Waals surface area (Å²) in [7, 11) is -9.26. The molecule has 0 saturated heterocycles. The SMILES string of the molecule is O=P(O)(O)CP(=O)(O)OC[C@H]1C[C@@H](n2nnc3c(N[C@H]4CCc5ccccc54)nc(Cl)nc32)C[C@@H]1O. The first kappa shape index (κ1) is 25.7. The van der Waals surface area contributed by atoms with E-state index >= 15 is 0 Å². The highest BCUT2D eigenvalue weighted by molar-refractivity contribution is 7.70. The first-order valence-electron chi connectivity index (χ1n) is 11.3. The Bertz CT molecular complexity index is 1380. The molecule has 0 aliphatic heterocycles. The molecule has 2 aromatic heterocycles. The number of aryl methyl sites for hydroxylation is 1. The summed E-state index contributed by atoms with van der Waals surface area (Å²) in [5.41, 5.74) is 3.28. The monoisotopic (exact) mass is 558 g/mol. The number of aliphatic hydroxyl groups is 1. The topological polar surface area (TPSA) is 193 Å². The minimum atomic E-state index is -4.74. The second kappa shape index (κ2) is 9.74. The number of benzene rings is 1. The average Bonchev–Trinajstić information content (AvgIpc) is 3.48. The van der Waals surface area contributed by atoms with Gasteiger partial charge in [0, 0.05) is 5.92 Å². The Morgan fingerprint density at radius 1 is 1.17 bits per heavy atom. The second-order valence-electron chi connectivity index (χ2n) is 9.17. The minimum Gasteiger partial charge on any atom is -0.393 e. The van der Waals surface area contributed by atoms with Crippen LogP contribution in [0.4, 0.5) is 5.82 Å². The van der Waals surface area contributed by atoms with E-state index in [-0.39, 0.29) is 30.4 Å². The van der Waals surface area contributed by atoms with Crippen LogP contribution >= 0.6 is 26.8 Å². The number of hydrogen-bond acceptors (Lipinski definition) is 9. The summed E-state index contributed by atoms with van der Waals surface area (Å²) in [6.07, 6.45) is 1.51. The molecule has 1 aromatic carbocycles. The van der Waals surface area contributed by atoms with Gasteiger partial charge in [0.05, 0.1) is 24.8 Å². The Morgan fingerprint density at radius 3 is 2.72 bits per heavy atom. The fourth-order valence-corrected chi connectivity index (χ4v) is 7.74. The van der Waals surface area contributed by atoms with Crippen LogP contribution in [0.25, 0.3) is 11.2 Å². The van der Waals surface area contributed by atoms with E-state index in [2.05, 4.69) is 37.7 Å². The van der Waals surface area contributed by atoms with Crippen LogP contribution in [0, 0.1) is 5.92 Å². The lowest BCUT2D eigenvalue weighted by Gasteiger charge is -2.18. The summed E-state index contributed by atoms with van der Waals surface area (Å²) >= 11 is 6.23. The van der Waals surface area contributed by atoms with Gasteiger partial charge in [0.1, 0.15) is 0 Å². The van der Waals surface area contributed by atoms with Crippen molar-refractivity contribution in [1.82, 2.24) is 25.0 Å². The summed E-state index contributed by atoms with van der Waals surface area (Å²) in [4.78, 5) is 36.3. The van der Waals surface area contributed by atoms with Gasteiger partial charge in [-0.15, -0.1) is 5.10 Å². The molecule has 3 aromatic rings. The molecule has 5 N–H and O–H groups in total. The second-order valence-corrected chi connectivity index (χ2v) is 13.5. The van der Waals surface area contributed by atoms with Crippen LogP contribution in [-0.4, -0.2) is 63.4 Å². The van der Waals surface area contributed by atoms with E-state index in [1.807, 2.05) is 12.1 Å². The summed E-state index contributed by atoms with van der Waals surface area (Å²) in [6, 6.07) is 7.86. The van der Waals surface area contributed by atoms with Gasteiger partial charge in [0.2, 0.25) is 5.28 Å². The molecule has 0 radical (unpaired) electrons. The molecule has 36 heavy (non-hydrogen) atoms. The van der Waals surface area contributed by atoms with Gasteiger partial charge in [-0.2, -0.15) is 9.97 Å². The quantitative estimate of drug-likeness (QED) is 0.201. The highest BCUT2D eigenvalue weighted by atomic mass is 35.5. The maximum atomic E-state index is 12.0. The Kier molecular flexibility index (Phi) is 6.95. The summed E-state index contributed by atoms with van der Waals surface area (Å²) in [5, 5.41) is 22.4. The molecular weight excluding hydrogens is 534 g/mol. The van der Waals surface area contributed by atoms with Gasteiger partial charge >= 0.3 is 15.2 Å². The zero-order valence-corrected chi connectivity index (χ0v) is 21.4. The lowest BCUT2D eigenvalue weighted by Crippen LogP contribution is -2.18. The summed E-state index contributed by atoms with van der Waals surface area (Å²) in [5.74, 6) is -1.39. The molecule has 2 heterocycles. The van der Waals surface area contributed by atoms with Gasteiger partial charge < -0.3 is 29.6 Å². The number of aromatic nitrogens is 5. The number of hydrogen-bond donors (Lipinski definition) is 5. The third kappa shape index (κ3) is 5.49. The van der Waals surface area contributed by atoms with Crippen LogP contribution in [0.5, 0.6) is 0 Å². The van der Waals surface area contributed by atoms with Crippen LogP contribution in [0.1, 0.15) is 42.5 Å². The van der Waals surface area contributed by atoms with Crippen molar-refractivity contribution in [3.8, 4) is 0 Å². The Labute approximate surface area is 210 Å². The zero-order valence-electron chi connectivity index (χ0n) is 18.9. The van der Waals surface area contributed by atoms with Crippen molar-refractivity contribution in [3.63, 3.8) is 0 Å². The van der Waals surface area contributed by atoms with Crippen LogP contribution in [0.3, 0.4) is 0 Å². The molecule has 194 valence electrons. The molecule has 2 aliphatic rings. The van der Waals surface area contributed by atoms with Crippen LogP contribution < -0.4 is 5.32 Å². The molecule has 5 rings (SSSR count). The van der Waals surface area contributed by atoms with Crippen LogP contribution in [-0.2, 0) is 20.1 Å². The maximum Gasteiger partial charge on any atom is 0.340 e. The molecule has 16 heteroatoms. The maximum absolute atomic E-state index is 12.0. The van der Waals surface area contributed by atoms with E-state index in [9.17, 15) is 19.1 Å². The molecule has 1 unspecified atom stereocenters. The van der Waals surface area contributed by atoms with Gasteiger partial charge in [0.25, 0.3) is 0 Å². The first-order valence-corrected chi connectivity index (χ1v) is 15.2. The lowest BCUT2D eigenvalue weighted by molar-refractivity contribution is 0.0942. The zero-order chi connectivity index (χ0) is 25.7. The van der Waals surface area contributed by atoms with E-state index in [1.165, 1.54) is 11.1 Å². The third-order valence-electron chi connectivity index (χ3n) is 6.57. The predicted molar refractivity (Wildman–Crippen MR) is 130 cm³/mol. The smallest absolute Gasteiger partial charge is 0.340 e. The Morgan fingerprint density at radius 2 is 1.94 bits per heavy atom. The molecule has 1 fully saturated rings. The van der Waals surface area contributed by atoms with Gasteiger partial charge in [-0.25, -0.2) is 4.68 Å². The van der Waals surface area contributed by atoms with Gasteiger partial charge in [-0.05, 0) is 48.4 Å². The summed E-state index contributed by atoms with van der Waals surface area (Å²) in [6.45, 7) is -0.346. The molecule has 13 nitrogen and oxygen atoms in total. The molecule has 1 saturated carbocycles. The van der Waals surface area contributed by atoms with Crippen molar-refractivity contribution in [2.45, 2.75) is 43.9 Å². The third-order valence-corrected chi connectivity index (χ3v) is 10.2.